The van der Waals surface area contributed by atoms with Crippen LogP contribution in [0.2, 0.25) is 0 Å². The molecular weight excluding hydrogens is 96.0 g/mol. The summed E-state index contributed by atoms with van der Waals surface area (Å²) in [5.41, 5.74) is 0. The van der Waals surface area contributed by atoms with Crippen LogP contribution in [0.25, 0.3) is 0 Å². The normalized spacial score (nSPS) is 9.43. The third-order valence-electron chi connectivity index (χ3n) is 0.515. The zero-order valence-electron chi connectivity index (χ0n) is 4.35. The molecule has 0 aromatic carbocycles. The average molecular weight is 105 g/mol. The van der Waals surface area contributed by atoms with E-state index < -0.39 is 6.79 Å². The van der Waals surface area contributed by atoms with Crippen LogP contribution in [0.3, 0.4) is 0 Å². The Labute approximate surface area is 42.9 Å². The summed E-state index contributed by atoms with van der Waals surface area (Å²) < 4.78 is 8.97. The minimum Gasteiger partial charge on any atom is -0.382 e. The predicted molar refractivity (Wildman–Crippen MR) is 23.4 cm³/mol. The molecule has 3 heteroatoms. The van der Waals surface area contributed by atoms with Gasteiger partial charge in [-0.05, 0) is 0 Å². The molecule has 43 valence electrons. The lowest BCUT2D eigenvalue weighted by Crippen LogP contribution is -2.00. The van der Waals surface area contributed by atoms with Gasteiger partial charge < -0.3 is 9.47 Å². The van der Waals surface area contributed by atoms with E-state index in [1.54, 1.807) is 7.11 Å². The zero-order valence-corrected chi connectivity index (χ0v) is 4.35. The third kappa shape index (κ3) is 5.88. The fourth-order valence-electron chi connectivity index (χ4n) is 0.201. The predicted octanol–water partition coefficient (Wildman–Crippen LogP) is 0.0374. The lowest BCUT2D eigenvalue weighted by atomic mass is 10.8. The SMILES string of the molecule is COCCOC[O]. The van der Waals surface area contributed by atoms with E-state index in [0.29, 0.717) is 13.2 Å². The molecule has 0 aliphatic carbocycles. The van der Waals surface area contributed by atoms with Crippen molar-refractivity contribution in [2.24, 2.45) is 0 Å². The molecule has 0 spiro atoms. The molecule has 3 nitrogen and oxygen atoms in total. The second-order valence-electron chi connectivity index (χ2n) is 1.02. The maximum Gasteiger partial charge on any atom is 0.180 e. The van der Waals surface area contributed by atoms with E-state index in [1.807, 2.05) is 0 Å². The van der Waals surface area contributed by atoms with Crippen molar-refractivity contribution in [3.63, 3.8) is 0 Å². The Morgan fingerprint density at radius 3 is 2.57 bits per heavy atom. The van der Waals surface area contributed by atoms with Gasteiger partial charge in [-0.2, -0.15) is 0 Å². The highest BCUT2D eigenvalue weighted by atomic mass is 16.6. The Kier molecular flexibility index (Phi) is 5.78. The summed E-state index contributed by atoms with van der Waals surface area (Å²) in [4.78, 5) is 0. The topological polar surface area (TPSA) is 38.4 Å². The second kappa shape index (κ2) is 5.88. The van der Waals surface area contributed by atoms with E-state index in [0.717, 1.165) is 0 Å². The summed E-state index contributed by atoms with van der Waals surface area (Å²) in [5.74, 6) is 0. The number of ether oxygens (including phenoxy) is 2. The summed E-state index contributed by atoms with van der Waals surface area (Å²) in [7, 11) is 1.56. The van der Waals surface area contributed by atoms with Gasteiger partial charge in [-0.15, -0.1) is 0 Å². The van der Waals surface area contributed by atoms with Crippen molar-refractivity contribution in [2.45, 2.75) is 0 Å². The molecule has 0 heterocycles. The highest BCUT2D eigenvalue weighted by molar-refractivity contribution is 4.19. The van der Waals surface area contributed by atoms with Crippen molar-refractivity contribution in [1.29, 1.82) is 0 Å². The zero-order chi connectivity index (χ0) is 5.54. The molecule has 0 saturated carbocycles. The van der Waals surface area contributed by atoms with Crippen LogP contribution in [0.15, 0.2) is 0 Å². The molecule has 0 aromatic heterocycles. The maximum absolute atomic E-state index is 9.53. The molecule has 0 aliphatic heterocycles. The number of hydrogen-bond acceptors (Lipinski definition) is 2. The van der Waals surface area contributed by atoms with Crippen molar-refractivity contribution >= 4 is 0 Å². The highest BCUT2D eigenvalue weighted by Gasteiger charge is 1.79. The maximum atomic E-state index is 9.53. The average Bonchev–Trinajstić information content (AvgIpc) is 1.69. The van der Waals surface area contributed by atoms with Crippen molar-refractivity contribution < 1.29 is 14.6 Å². The van der Waals surface area contributed by atoms with E-state index in [1.165, 1.54) is 0 Å². The van der Waals surface area contributed by atoms with Gasteiger partial charge in [-0.25, -0.2) is 5.11 Å². The molecule has 0 atom stereocenters. The van der Waals surface area contributed by atoms with Gasteiger partial charge in [0.1, 0.15) is 0 Å². The first-order chi connectivity index (χ1) is 3.41. The molecule has 0 N–H and O–H groups in total. The molecule has 0 aromatic rings. The van der Waals surface area contributed by atoms with Crippen LogP contribution in [0.5, 0.6) is 0 Å². The van der Waals surface area contributed by atoms with Gasteiger partial charge in [0.05, 0.1) is 13.2 Å². The van der Waals surface area contributed by atoms with Crippen molar-refractivity contribution in [1.82, 2.24) is 0 Å². The molecule has 0 fully saturated rings. The third-order valence-corrected chi connectivity index (χ3v) is 0.515. The number of rotatable bonds is 4. The Morgan fingerprint density at radius 2 is 2.14 bits per heavy atom. The summed E-state index contributed by atoms with van der Waals surface area (Å²) >= 11 is 0. The minimum atomic E-state index is -0.469. The molecular formula is C4H9O3. The standard InChI is InChI=1S/C4H9O3/c1-6-2-3-7-4-5/h2-4H2,1H3. The molecule has 0 rings (SSSR count). The number of hydrogen-bond donors (Lipinski definition) is 0. The van der Waals surface area contributed by atoms with Crippen LogP contribution in [0, 0.1) is 0 Å². The van der Waals surface area contributed by atoms with Gasteiger partial charge >= 0.3 is 0 Å². The fraction of sp³-hybridized carbons (Fsp3) is 1.00. The van der Waals surface area contributed by atoms with Gasteiger partial charge in [-0.1, -0.05) is 0 Å². The Bertz CT molecular complexity index is 26.1. The van der Waals surface area contributed by atoms with Crippen LogP contribution in [-0.4, -0.2) is 27.1 Å². The van der Waals surface area contributed by atoms with Crippen molar-refractivity contribution in [2.75, 3.05) is 27.1 Å². The van der Waals surface area contributed by atoms with Crippen LogP contribution < -0.4 is 0 Å². The summed E-state index contributed by atoms with van der Waals surface area (Å²) in [6, 6.07) is 0. The first-order valence-electron chi connectivity index (χ1n) is 2.06. The smallest absolute Gasteiger partial charge is 0.180 e. The van der Waals surface area contributed by atoms with Crippen LogP contribution in [-0.2, 0) is 14.6 Å². The Hall–Kier alpha value is -0.120. The highest BCUT2D eigenvalue weighted by Crippen LogP contribution is 1.70. The molecule has 0 amide bonds. The van der Waals surface area contributed by atoms with E-state index in [9.17, 15) is 5.11 Å². The first-order valence-corrected chi connectivity index (χ1v) is 2.06. The monoisotopic (exact) mass is 105 g/mol. The lowest BCUT2D eigenvalue weighted by Gasteiger charge is -1.94. The van der Waals surface area contributed by atoms with Gasteiger partial charge in [0, 0.05) is 7.11 Å². The van der Waals surface area contributed by atoms with Gasteiger partial charge in [0.25, 0.3) is 0 Å². The van der Waals surface area contributed by atoms with E-state index >= 15 is 0 Å². The quantitative estimate of drug-likeness (QED) is 0.374. The summed E-state index contributed by atoms with van der Waals surface area (Å²) in [6.45, 7) is 0.436. The van der Waals surface area contributed by atoms with Crippen LogP contribution >= 0.6 is 0 Å². The molecule has 0 bridgehead atoms. The molecule has 0 aliphatic rings. The lowest BCUT2D eigenvalue weighted by molar-refractivity contribution is -0.0576. The van der Waals surface area contributed by atoms with E-state index in [4.69, 9.17) is 0 Å². The minimum absolute atomic E-state index is 0.403. The number of methoxy groups -OCH3 is 1. The molecule has 0 saturated heterocycles. The second-order valence-corrected chi connectivity index (χ2v) is 1.02. The largest absolute Gasteiger partial charge is 0.382 e. The summed E-state index contributed by atoms with van der Waals surface area (Å²) in [6.07, 6.45) is 0. The molecule has 7 heavy (non-hydrogen) atoms. The van der Waals surface area contributed by atoms with E-state index in [-0.39, 0.29) is 0 Å². The van der Waals surface area contributed by atoms with Crippen molar-refractivity contribution in [3.05, 3.63) is 0 Å². The fourth-order valence-corrected chi connectivity index (χ4v) is 0.201. The molecule has 1 radical (unpaired) electrons. The Balaban J connectivity index is 2.45. The van der Waals surface area contributed by atoms with Crippen LogP contribution in [0.1, 0.15) is 0 Å². The molecule has 0 unspecified atom stereocenters. The van der Waals surface area contributed by atoms with E-state index in [2.05, 4.69) is 9.47 Å². The Morgan fingerprint density at radius 1 is 1.43 bits per heavy atom. The van der Waals surface area contributed by atoms with Crippen LogP contribution in [0.4, 0.5) is 0 Å². The van der Waals surface area contributed by atoms with Gasteiger partial charge in [-0.3, -0.25) is 0 Å². The van der Waals surface area contributed by atoms with Crippen molar-refractivity contribution in [3.8, 4) is 0 Å². The summed E-state index contributed by atoms with van der Waals surface area (Å²) in [5, 5.41) is 9.53. The van der Waals surface area contributed by atoms with Gasteiger partial charge in [0.15, 0.2) is 6.79 Å². The first kappa shape index (κ1) is 6.88. The van der Waals surface area contributed by atoms with Gasteiger partial charge in [0.2, 0.25) is 0 Å².